The number of nitrogens with two attached hydrogens (primary N) is 1. The van der Waals surface area contributed by atoms with Gasteiger partial charge in [-0.3, -0.25) is 0 Å². The highest BCUT2D eigenvalue weighted by Crippen LogP contribution is 2.37. The molecule has 0 amide bonds. The monoisotopic (exact) mass is 276 g/mol. The third-order valence-electron chi connectivity index (χ3n) is 4.86. The first-order valence-electron chi connectivity index (χ1n) is 7.58. The molecule has 1 aromatic heterocycles. The van der Waals surface area contributed by atoms with Gasteiger partial charge in [0.1, 0.15) is 5.82 Å². The van der Waals surface area contributed by atoms with Crippen LogP contribution in [0.3, 0.4) is 0 Å². The minimum atomic E-state index is 0.431. The van der Waals surface area contributed by atoms with E-state index in [0.29, 0.717) is 6.04 Å². The van der Waals surface area contributed by atoms with E-state index in [2.05, 4.69) is 54.8 Å². The fourth-order valence-corrected chi connectivity index (χ4v) is 3.88. The molecule has 3 aromatic rings. The van der Waals surface area contributed by atoms with Gasteiger partial charge < -0.3 is 10.3 Å². The lowest BCUT2D eigenvalue weighted by Gasteiger charge is -2.29. The van der Waals surface area contributed by atoms with Crippen molar-refractivity contribution in [2.24, 2.45) is 0 Å². The van der Waals surface area contributed by atoms with Crippen LogP contribution in [0.4, 0.5) is 5.82 Å². The Morgan fingerprint density at radius 2 is 1.71 bits per heavy atom. The molecule has 0 radical (unpaired) electrons. The lowest BCUT2D eigenvalue weighted by atomic mass is 9.84. The Hall–Kier alpha value is -2.22. The first kappa shape index (κ1) is 12.5. The maximum Gasteiger partial charge on any atom is 0.103 e. The van der Waals surface area contributed by atoms with Gasteiger partial charge in [0, 0.05) is 11.7 Å². The van der Waals surface area contributed by atoms with Crippen molar-refractivity contribution in [1.82, 2.24) is 4.57 Å². The highest BCUT2D eigenvalue weighted by atomic mass is 15.1. The number of anilines is 1. The molecule has 2 aromatic carbocycles. The minimum absolute atomic E-state index is 0.431. The predicted octanol–water partition coefficient (Wildman–Crippen LogP) is 4.18. The van der Waals surface area contributed by atoms with E-state index >= 15 is 0 Å². The van der Waals surface area contributed by atoms with E-state index in [9.17, 15) is 0 Å². The molecule has 106 valence electrons. The number of aromatic nitrogens is 1. The second-order valence-corrected chi connectivity index (χ2v) is 6.21. The standard InChI is InChI=1S/C19H20N2/c1-12-6-8-15-11-16(21-13(2)7-9-18(21)20)10-14-4-3-5-17(12)19(14)15/h3-9,16H,10-11,20H2,1-2H3. The number of nitrogen functional groups attached to an aromatic ring is 1. The van der Waals surface area contributed by atoms with Crippen molar-refractivity contribution in [3.8, 4) is 0 Å². The molecule has 1 aliphatic carbocycles. The van der Waals surface area contributed by atoms with Crippen LogP contribution in [-0.4, -0.2) is 4.57 Å². The van der Waals surface area contributed by atoms with Crippen LogP contribution in [0.2, 0.25) is 0 Å². The SMILES string of the molecule is Cc1ccc2c3c(cccc13)CC(n1c(C)ccc1N)C2. The summed E-state index contributed by atoms with van der Waals surface area (Å²) in [6.45, 7) is 4.34. The van der Waals surface area contributed by atoms with Gasteiger partial charge in [-0.2, -0.15) is 0 Å². The van der Waals surface area contributed by atoms with E-state index in [4.69, 9.17) is 5.73 Å². The van der Waals surface area contributed by atoms with Crippen molar-refractivity contribution in [3.63, 3.8) is 0 Å². The summed E-state index contributed by atoms with van der Waals surface area (Å²) in [7, 11) is 0. The summed E-state index contributed by atoms with van der Waals surface area (Å²) in [4.78, 5) is 0. The quantitative estimate of drug-likeness (QED) is 0.710. The molecule has 0 spiro atoms. The lowest BCUT2D eigenvalue weighted by molar-refractivity contribution is 0.489. The molecule has 1 heterocycles. The maximum absolute atomic E-state index is 6.18. The van der Waals surface area contributed by atoms with E-state index in [1.807, 2.05) is 6.07 Å². The van der Waals surface area contributed by atoms with Gasteiger partial charge in [0.2, 0.25) is 0 Å². The Kier molecular flexibility index (Phi) is 2.61. The topological polar surface area (TPSA) is 30.9 Å². The fourth-order valence-electron chi connectivity index (χ4n) is 3.88. The third kappa shape index (κ3) is 1.79. The number of hydrogen-bond donors (Lipinski definition) is 1. The molecule has 1 aliphatic rings. The van der Waals surface area contributed by atoms with Gasteiger partial charge in [-0.1, -0.05) is 30.3 Å². The Balaban J connectivity index is 1.89. The lowest BCUT2D eigenvalue weighted by Crippen LogP contribution is -2.21. The average Bonchev–Trinajstić information content (AvgIpc) is 2.82. The molecule has 4 rings (SSSR count). The van der Waals surface area contributed by atoms with Crippen molar-refractivity contribution in [1.29, 1.82) is 0 Å². The molecule has 21 heavy (non-hydrogen) atoms. The van der Waals surface area contributed by atoms with E-state index in [0.717, 1.165) is 18.7 Å². The molecular formula is C19H20N2. The Bertz CT molecular complexity index is 810. The van der Waals surface area contributed by atoms with Crippen LogP contribution in [0.15, 0.2) is 42.5 Å². The van der Waals surface area contributed by atoms with Crippen LogP contribution in [-0.2, 0) is 12.8 Å². The number of aryl methyl sites for hydroxylation is 2. The highest BCUT2D eigenvalue weighted by Gasteiger charge is 2.23. The van der Waals surface area contributed by atoms with Crippen LogP contribution in [0.25, 0.3) is 10.8 Å². The highest BCUT2D eigenvalue weighted by molar-refractivity contribution is 5.92. The van der Waals surface area contributed by atoms with Gasteiger partial charge in [-0.05, 0) is 66.3 Å². The molecule has 0 aliphatic heterocycles. The predicted molar refractivity (Wildman–Crippen MR) is 88.7 cm³/mol. The fraction of sp³-hybridized carbons (Fsp3) is 0.263. The van der Waals surface area contributed by atoms with E-state index < -0.39 is 0 Å². The maximum atomic E-state index is 6.18. The summed E-state index contributed by atoms with van der Waals surface area (Å²) in [5.74, 6) is 0.875. The van der Waals surface area contributed by atoms with E-state index in [-0.39, 0.29) is 0 Å². The molecule has 0 fully saturated rings. The van der Waals surface area contributed by atoms with Gasteiger partial charge >= 0.3 is 0 Å². The number of benzene rings is 2. The minimum Gasteiger partial charge on any atom is -0.385 e. The first-order chi connectivity index (χ1) is 10.1. The zero-order chi connectivity index (χ0) is 14.6. The Morgan fingerprint density at radius 3 is 2.43 bits per heavy atom. The molecule has 0 saturated heterocycles. The average molecular weight is 276 g/mol. The van der Waals surface area contributed by atoms with E-state index in [1.165, 1.54) is 33.2 Å². The zero-order valence-corrected chi connectivity index (χ0v) is 12.6. The zero-order valence-electron chi connectivity index (χ0n) is 12.6. The van der Waals surface area contributed by atoms with Crippen LogP contribution < -0.4 is 5.73 Å². The number of hydrogen-bond acceptors (Lipinski definition) is 1. The Morgan fingerprint density at radius 1 is 0.952 bits per heavy atom. The van der Waals surface area contributed by atoms with Crippen molar-refractivity contribution in [2.75, 3.05) is 5.73 Å². The smallest absolute Gasteiger partial charge is 0.103 e. The van der Waals surface area contributed by atoms with Gasteiger partial charge in [0.15, 0.2) is 0 Å². The van der Waals surface area contributed by atoms with Crippen molar-refractivity contribution in [3.05, 3.63) is 64.8 Å². The molecule has 2 N–H and O–H groups in total. The summed E-state index contributed by atoms with van der Waals surface area (Å²) < 4.78 is 2.29. The largest absolute Gasteiger partial charge is 0.385 e. The molecular weight excluding hydrogens is 256 g/mol. The Labute approximate surface area is 125 Å². The molecule has 2 heteroatoms. The first-order valence-corrected chi connectivity index (χ1v) is 7.58. The van der Waals surface area contributed by atoms with Crippen molar-refractivity contribution < 1.29 is 0 Å². The molecule has 1 unspecified atom stereocenters. The summed E-state index contributed by atoms with van der Waals surface area (Å²) in [6.07, 6.45) is 2.13. The molecule has 0 bridgehead atoms. The van der Waals surface area contributed by atoms with Gasteiger partial charge in [0.05, 0.1) is 0 Å². The molecule has 1 atom stereocenters. The second kappa shape index (κ2) is 4.39. The third-order valence-corrected chi connectivity index (χ3v) is 4.86. The number of nitrogens with zero attached hydrogens (tertiary/aromatic N) is 1. The molecule has 2 nitrogen and oxygen atoms in total. The van der Waals surface area contributed by atoms with Gasteiger partial charge in [-0.25, -0.2) is 0 Å². The van der Waals surface area contributed by atoms with Crippen LogP contribution in [0.1, 0.15) is 28.4 Å². The summed E-state index contributed by atoms with van der Waals surface area (Å²) in [5.41, 5.74) is 11.7. The van der Waals surface area contributed by atoms with Crippen LogP contribution in [0, 0.1) is 13.8 Å². The van der Waals surface area contributed by atoms with Gasteiger partial charge in [0.25, 0.3) is 0 Å². The van der Waals surface area contributed by atoms with Crippen LogP contribution >= 0.6 is 0 Å². The van der Waals surface area contributed by atoms with Crippen LogP contribution in [0.5, 0.6) is 0 Å². The second-order valence-electron chi connectivity index (χ2n) is 6.21. The normalized spacial score (nSPS) is 17.3. The summed E-state index contributed by atoms with van der Waals surface area (Å²) in [5, 5.41) is 2.87. The summed E-state index contributed by atoms with van der Waals surface area (Å²) >= 11 is 0. The van der Waals surface area contributed by atoms with E-state index in [1.54, 1.807) is 0 Å². The summed E-state index contributed by atoms with van der Waals surface area (Å²) in [6, 6.07) is 15.8. The van der Waals surface area contributed by atoms with Crippen molar-refractivity contribution >= 4 is 16.6 Å². The van der Waals surface area contributed by atoms with Crippen molar-refractivity contribution in [2.45, 2.75) is 32.7 Å². The molecule has 0 saturated carbocycles. The van der Waals surface area contributed by atoms with Gasteiger partial charge in [-0.15, -0.1) is 0 Å². The number of rotatable bonds is 1.